The van der Waals surface area contributed by atoms with E-state index in [4.69, 9.17) is 18.6 Å². The van der Waals surface area contributed by atoms with E-state index in [-0.39, 0.29) is 55.7 Å². The number of halogens is 1. The first-order chi connectivity index (χ1) is 21.7. The van der Waals surface area contributed by atoms with Crippen molar-refractivity contribution in [3.8, 4) is 11.5 Å². The number of hydrogen-bond donors (Lipinski definition) is 4. The highest BCUT2D eigenvalue weighted by molar-refractivity contribution is 14.1. The van der Waals surface area contributed by atoms with Crippen LogP contribution in [0.1, 0.15) is 35.2 Å². The van der Waals surface area contributed by atoms with Crippen LogP contribution in [0.25, 0.3) is 11.0 Å². The Bertz CT molecular complexity index is 1630. The van der Waals surface area contributed by atoms with Gasteiger partial charge in [0.1, 0.15) is 23.4 Å². The Hall–Kier alpha value is -3.50. The second-order valence-corrected chi connectivity index (χ2v) is 12.0. The van der Waals surface area contributed by atoms with Gasteiger partial charge in [-0.15, -0.1) is 0 Å². The zero-order valence-corrected chi connectivity index (χ0v) is 26.8. The topological polar surface area (TPSA) is 168 Å². The maximum absolute atomic E-state index is 14.2. The molecule has 1 saturated heterocycles. The molecule has 2 amide bonds. The largest absolute Gasteiger partial charge is 0.493 e. The second kappa shape index (κ2) is 14.7. The molecular formula is C32H35IN2O10. The molecule has 2 heterocycles. The third-order valence-electron chi connectivity index (χ3n) is 7.90. The van der Waals surface area contributed by atoms with E-state index in [1.54, 1.807) is 36.4 Å². The summed E-state index contributed by atoms with van der Waals surface area (Å²) < 4.78 is 23.7. The molecule has 1 aliphatic heterocycles. The van der Waals surface area contributed by atoms with Gasteiger partial charge >= 0.3 is 5.63 Å². The van der Waals surface area contributed by atoms with Crippen LogP contribution in [0.5, 0.6) is 11.5 Å². The standard InChI is InChI=1S/C32H35IN2O10/c1-42-27-12-18(17-37)11-23(33)29(27)44-26-15-20(30(39)34-8-9-36)14-24(28(26)38)35(16-21-6-4-10-43-21)31(40)22-13-19-5-2-3-7-25(19)45-32(22)41/h2-3,5,7,11-13,15,21,24,26,28,36-38H,4,6,8-10,14,16-17H2,1H3,(H,34,39). The van der Waals surface area contributed by atoms with E-state index >= 15 is 0 Å². The molecule has 13 heteroatoms. The van der Waals surface area contributed by atoms with Crippen LogP contribution in [0.2, 0.25) is 0 Å². The first-order valence-electron chi connectivity index (χ1n) is 14.6. The molecule has 0 bridgehead atoms. The van der Waals surface area contributed by atoms with Crippen molar-refractivity contribution in [1.29, 1.82) is 0 Å². The van der Waals surface area contributed by atoms with Crippen LogP contribution >= 0.6 is 22.6 Å². The van der Waals surface area contributed by atoms with Gasteiger partial charge in [-0.25, -0.2) is 4.79 Å². The van der Waals surface area contributed by atoms with Gasteiger partial charge in [0.25, 0.3) is 5.91 Å². The molecule has 2 aliphatic rings. The summed E-state index contributed by atoms with van der Waals surface area (Å²) in [6.45, 7) is 0.0650. The van der Waals surface area contributed by atoms with Crippen molar-refractivity contribution in [2.75, 3.05) is 33.4 Å². The SMILES string of the molecule is COc1cc(CO)cc(I)c1OC1C=C(C(=O)NCCO)CC(N(CC2CCCO2)C(=O)c2cc3ccccc3oc2=O)C1O. The Balaban J connectivity index is 1.56. The normalized spacial score (nSPS) is 21.3. The van der Waals surface area contributed by atoms with Gasteiger partial charge in [-0.3, -0.25) is 9.59 Å². The van der Waals surface area contributed by atoms with Gasteiger partial charge in [0, 0.05) is 37.1 Å². The highest BCUT2D eigenvalue weighted by atomic mass is 127. The minimum atomic E-state index is -1.35. The Morgan fingerprint density at radius 3 is 2.69 bits per heavy atom. The number of methoxy groups -OCH3 is 1. The van der Waals surface area contributed by atoms with Crippen molar-refractivity contribution in [3.63, 3.8) is 0 Å². The number of ether oxygens (including phenoxy) is 3. The first kappa shape index (κ1) is 32.9. The van der Waals surface area contributed by atoms with Crippen molar-refractivity contribution in [3.05, 3.63) is 79.2 Å². The number of rotatable bonds is 11. The number of aliphatic hydroxyl groups excluding tert-OH is 3. The van der Waals surface area contributed by atoms with Crippen molar-refractivity contribution >= 4 is 45.4 Å². The predicted molar refractivity (Wildman–Crippen MR) is 171 cm³/mol. The number of amides is 2. The van der Waals surface area contributed by atoms with Gasteiger partial charge in [-0.05, 0) is 71.3 Å². The molecule has 0 saturated carbocycles. The number of para-hydroxylation sites is 1. The number of carbonyl (C=O) groups excluding carboxylic acids is 2. The zero-order chi connectivity index (χ0) is 32.1. The molecule has 12 nitrogen and oxygen atoms in total. The molecule has 5 rings (SSSR count). The molecule has 1 aromatic heterocycles. The summed E-state index contributed by atoms with van der Waals surface area (Å²) in [5, 5.41) is 34.0. The van der Waals surface area contributed by atoms with Crippen LogP contribution in [0.4, 0.5) is 0 Å². The summed E-state index contributed by atoms with van der Waals surface area (Å²) in [6.07, 6.45) is 0.0587. The van der Waals surface area contributed by atoms with Crippen LogP contribution < -0.4 is 20.4 Å². The van der Waals surface area contributed by atoms with E-state index in [1.807, 2.05) is 22.6 Å². The number of nitrogens with one attached hydrogen (secondary N) is 1. The van der Waals surface area contributed by atoms with Crippen molar-refractivity contribution < 1.29 is 43.5 Å². The van der Waals surface area contributed by atoms with E-state index in [1.165, 1.54) is 24.2 Å². The number of benzene rings is 2. The predicted octanol–water partition coefficient (Wildman–Crippen LogP) is 2.14. The van der Waals surface area contributed by atoms with Crippen molar-refractivity contribution in [2.45, 2.75) is 50.2 Å². The Labute approximate surface area is 272 Å². The number of aliphatic hydroxyl groups is 3. The lowest BCUT2D eigenvalue weighted by Gasteiger charge is -2.41. The fraction of sp³-hybridized carbons (Fsp3) is 0.406. The monoisotopic (exact) mass is 734 g/mol. The molecule has 1 fully saturated rings. The van der Waals surface area contributed by atoms with E-state index in [0.29, 0.717) is 38.9 Å². The van der Waals surface area contributed by atoms with Crippen LogP contribution in [0.15, 0.2) is 63.3 Å². The van der Waals surface area contributed by atoms with Gasteiger partial charge in [0.2, 0.25) is 5.91 Å². The summed E-state index contributed by atoms with van der Waals surface area (Å²) in [5.74, 6) is -0.592. The first-order valence-corrected chi connectivity index (χ1v) is 15.7. The van der Waals surface area contributed by atoms with Crippen LogP contribution in [-0.2, 0) is 16.1 Å². The number of nitrogens with zero attached hydrogens (tertiary/aromatic N) is 1. The third kappa shape index (κ3) is 7.33. The molecule has 240 valence electrons. The fourth-order valence-corrected chi connectivity index (χ4v) is 6.43. The highest BCUT2D eigenvalue weighted by Crippen LogP contribution is 2.37. The van der Waals surface area contributed by atoms with Crippen molar-refractivity contribution in [1.82, 2.24) is 10.2 Å². The van der Waals surface area contributed by atoms with Crippen LogP contribution in [0.3, 0.4) is 0 Å². The second-order valence-electron chi connectivity index (χ2n) is 10.9. The molecule has 4 N–H and O–H groups in total. The Morgan fingerprint density at radius 1 is 1.18 bits per heavy atom. The number of fused-ring (bicyclic) bond motifs is 1. The Morgan fingerprint density at radius 2 is 1.98 bits per heavy atom. The van der Waals surface area contributed by atoms with Gasteiger partial charge in [0.05, 0.1) is 36.0 Å². The lowest BCUT2D eigenvalue weighted by Crippen LogP contribution is -2.57. The van der Waals surface area contributed by atoms with E-state index in [0.717, 1.165) is 6.42 Å². The maximum Gasteiger partial charge on any atom is 0.349 e. The molecule has 4 unspecified atom stereocenters. The lowest BCUT2D eigenvalue weighted by atomic mass is 9.87. The van der Waals surface area contributed by atoms with Gasteiger partial charge in [-0.1, -0.05) is 18.2 Å². The fourth-order valence-electron chi connectivity index (χ4n) is 5.64. The highest BCUT2D eigenvalue weighted by Gasteiger charge is 2.42. The summed E-state index contributed by atoms with van der Waals surface area (Å²) in [4.78, 5) is 41.9. The molecule has 2 aromatic carbocycles. The minimum absolute atomic E-state index is 0.0000445. The number of hydrogen-bond acceptors (Lipinski definition) is 10. The molecular weight excluding hydrogens is 699 g/mol. The summed E-state index contributed by atoms with van der Waals surface area (Å²) in [5.41, 5.74) is 0.104. The molecule has 1 aliphatic carbocycles. The maximum atomic E-state index is 14.2. The molecule has 4 atom stereocenters. The minimum Gasteiger partial charge on any atom is -0.493 e. The molecule has 0 radical (unpaired) electrons. The zero-order valence-electron chi connectivity index (χ0n) is 24.6. The van der Waals surface area contributed by atoms with Gasteiger partial charge < -0.3 is 44.2 Å². The lowest BCUT2D eigenvalue weighted by molar-refractivity contribution is -0.118. The van der Waals surface area contributed by atoms with Gasteiger partial charge in [0.15, 0.2) is 11.5 Å². The smallest absolute Gasteiger partial charge is 0.349 e. The van der Waals surface area contributed by atoms with Crippen LogP contribution in [0, 0.1) is 3.57 Å². The summed E-state index contributed by atoms with van der Waals surface area (Å²) in [7, 11) is 1.44. The third-order valence-corrected chi connectivity index (χ3v) is 8.70. The average Bonchev–Trinajstić information content (AvgIpc) is 3.57. The molecule has 45 heavy (non-hydrogen) atoms. The number of carbonyl (C=O) groups is 2. The quantitative estimate of drug-likeness (QED) is 0.169. The van der Waals surface area contributed by atoms with Crippen molar-refractivity contribution in [2.24, 2.45) is 0 Å². The molecule has 3 aromatic rings. The summed E-state index contributed by atoms with van der Waals surface area (Å²) >= 11 is 2.03. The summed E-state index contributed by atoms with van der Waals surface area (Å²) in [6, 6.07) is 10.6. The molecule has 0 spiro atoms. The van der Waals surface area contributed by atoms with Crippen LogP contribution in [-0.4, -0.2) is 89.8 Å². The van der Waals surface area contributed by atoms with Gasteiger partial charge in [-0.2, -0.15) is 0 Å². The van der Waals surface area contributed by atoms with E-state index < -0.39 is 35.7 Å². The van der Waals surface area contributed by atoms with E-state index in [2.05, 4.69) is 5.32 Å². The van der Waals surface area contributed by atoms with E-state index in [9.17, 15) is 29.7 Å². The average molecular weight is 735 g/mol. The Kier molecular flexibility index (Phi) is 10.8.